The molecule has 0 spiro atoms. The number of halogens is 4. The van der Waals surface area contributed by atoms with Crippen molar-refractivity contribution in [2.75, 3.05) is 4.72 Å². The molecule has 2 aromatic carbocycles. The molecule has 0 fully saturated rings. The van der Waals surface area contributed by atoms with Crippen LogP contribution in [0.25, 0.3) is 21.8 Å². The first-order chi connectivity index (χ1) is 11.4. The van der Waals surface area contributed by atoms with E-state index in [0.717, 1.165) is 10.6 Å². The number of alkyl halides is 3. The molecule has 0 atom stereocenters. The number of rotatable bonds is 4. The van der Waals surface area contributed by atoms with Gasteiger partial charge in [0.15, 0.2) is 0 Å². The number of nitrogens with zero attached hydrogens (tertiary/aromatic N) is 1. The van der Waals surface area contributed by atoms with Gasteiger partial charge in [0.05, 0.1) is 22.7 Å². The average Bonchev–Trinajstić information content (AvgIpc) is 3.03. The van der Waals surface area contributed by atoms with Crippen LogP contribution < -0.4 is 4.72 Å². The second kappa shape index (κ2) is 7.04. The molecule has 2 nitrogen and oxygen atoms in total. The lowest BCUT2D eigenvalue weighted by atomic mass is 10.1. The highest BCUT2D eigenvalue weighted by Gasteiger charge is 2.29. The van der Waals surface area contributed by atoms with E-state index in [4.69, 9.17) is 11.6 Å². The molecule has 24 heavy (non-hydrogen) atoms. The van der Waals surface area contributed by atoms with Gasteiger partial charge in [-0.15, -0.1) is 11.3 Å². The number of hydrogen-bond donors (Lipinski definition) is 1. The smallest absolute Gasteiger partial charge is 0.323 e. The van der Waals surface area contributed by atoms with E-state index in [9.17, 15) is 13.2 Å². The third kappa shape index (κ3) is 4.23. The van der Waals surface area contributed by atoms with Crippen LogP contribution in [0.4, 0.5) is 18.9 Å². The Kier molecular flexibility index (Phi) is 5.03. The Morgan fingerprint density at radius 2 is 1.83 bits per heavy atom. The lowest BCUT2D eigenvalue weighted by molar-refractivity contribution is -0.0323. The molecule has 1 heterocycles. The van der Waals surface area contributed by atoms with Gasteiger partial charge in [-0.25, -0.2) is 4.98 Å². The summed E-state index contributed by atoms with van der Waals surface area (Å²) in [6.45, 7) is 0. The number of benzene rings is 2. The molecule has 8 heteroatoms. The molecule has 0 bridgehead atoms. The van der Waals surface area contributed by atoms with Gasteiger partial charge in [-0.2, -0.15) is 13.2 Å². The zero-order valence-electron chi connectivity index (χ0n) is 12.0. The van der Waals surface area contributed by atoms with Gasteiger partial charge in [0.1, 0.15) is 5.01 Å². The van der Waals surface area contributed by atoms with Crippen molar-refractivity contribution >= 4 is 40.6 Å². The van der Waals surface area contributed by atoms with E-state index in [1.54, 1.807) is 12.1 Å². The number of thiazole rings is 1. The summed E-state index contributed by atoms with van der Waals surface area (Å²) in [7, 11) is 0. The Labute approximate surface area is 149 Å². The summed E-state index contributed by atoms with van der Waals surface area (Å²) in [5.74, 6) is 0. The highest BCUT2D eigenvalue weighted by Crippen LogP contribution is 2.36. The van der Waals surface area contributed by atoms with Crippen LogP contribution in [0.3, 0.4) is 0 Å². The second-order valence-corrected chi connectivity index (χ2v) is 6.88. The zero-order valence-corrected chi connectivity index (χ0v) is 14.4. The van der Waals surface area contributed by atoms with Gasteiger partial charge in [-0.3, -0.25) is 0 Å². The first-order valence-electron chi connectivity index (χ1n) is 6.74. The fourth-order valence-electron chi connectivity index (χ4n) is 2.01. The molecular formula is C16H10ClF3N2S2. The molecule has 0 saturated heterocycles. The fourth-order valence-corrected chi connectivity index (χ4v) is 3.48. The largest absolute Gasteiger partial charge is 0.461 e. The molecule has 3 aromatic rings. The molecule has 0 amide bonds. The maximum atomic E-state index is 12.2. The van der Waals surface area contributed by atoms with Gasteiger partial charge >= 0.3 is 5.51 Å². The van der Waals surface area contributed by atoms with Crippen molar-refractivity contribution < 1.29 is 13.2 Å². The minimum Gasteiger partial charge on any atom is -0.323 e. The Balaban J connectivity index is 1.82. The van der Waals surface area contributed by atoms with Crippen LogP contribution >= 0.6 is 34.9 Å². The molecule has 0 saturated carbocycles. The molecule has 3 rings (SSSR count). The van der Waals surface area contributed by atoms with E-state index in [1.165, 1.54) is 17.4 Å². The van der Waals surface area contributed by atoms with Gasteiger partial charge in [0.2, 0.25) is 0 Å². The summed E-state index contributed by atoms with van der Waals surface area (Å²) < 4.78 is 38.9. The number of hydrogen-bond acceptors (Lipinski definition) is 4. The molecule has 124 valence electrons. The molecular weight excluding hydrogens is 377 g/mol. The van der Waals surface area contributed by atoms with Crippen LogP contribution in [-0.2, 0) is 0 Å². The van der Waals surface area contributed by atoms with Crippen molar-refractivity contribution in [3.05, 3.63) is 58.9 Å². The van der Waals surface area contributed by atoms with Crippen molar-refractivity contribution in [1.82, 2.24) is 4.98 Å². The van der Waals surface area contributed by atoms with E-state index in [1.807, 2.05) is 35.7 Å². The van der Waals surface area contributed by atoms with E-state index in [0.29, 0.717) is 16.3 Å². The molecule has 0 aliphatic heterocycles. The minimum absolute atomic E-state index is 0.282. The average molecular weight is 387 g/mol. The maximum absolute atomic E-state index is 12.2. The molecule has 1 aromatic heterocycles. The van der Waals surface area contributed by atoms with E-state index < -0.39 is 5.51 Å². The molecule has 0 aliphatic carbocycles. The van der Waals surface area contributed by atoms with Crippen molar-refractivity contribution in [3.63, 3.8) is 0 Å². The Hall–Kier alpha value is -1.70. The van der Waals surface area contributed by atoms with E-state index in [2.05, 4.69) is 9.71 Å². The third-order valence-corrected chi connectivity index (χ3v) is 4.83. The summed E-state index contributed by atoms with van der Waals surface area (Å²) >= 11 is 7.37. The number of anilines is 1. The van der Waals surface area contributed by atoms with Gasteiger partial charge < -0.3 is 4.72 Å². The van der Waals surface area contributed by atoms with Crippen molar-refractivity contribution in [1.29, 1.82) is 0 Å². The van der Waals surface area contributed by atoms with Gasteiger partial charge in [0, 0.05) is 22.2 Å². The van der Waals surface area contributed by atoms with Crippen molar-refractivity contribution in [2.24, 2.45) is 0 Å². The summed E-state index contributed by atoms with van der Waals surface area (Å²) in [5.41, 5.74) is -1.70. The third-order valence-electron chi connectivity index (χ3n) is 3.05. The van der Waals surface area contributed by atoms with Gasteiger partial charge in [-0.1, -0.05) is 41.9 Å². The van der Waals surface area contributed by atoms with E-state index >= 15 is 0 Å². The molecule has 1 N–H and O–H groups in total. The summed E-state index contributed by atoms with van der Waals surface area (Å²) in [6, 6.07) is 14.4. The van der Waals surface area contributed by atoms with Crippen LogP contribution in [0.5, 0.6) is 0 Å². The van der Waals surface area contributed by atoms with Crippen LogP contribution in [0.15, 0.2) is 53.9 Å². The number of aromatic nitrogens is 1. The van der Waals surface area contributed by atoms with Crippen LogP contribution in [0.1, 0.15) is 0 Å². The van der Waals surface area contributed by atoms with Crippen molar-refractivity contribution in [2.45, 2.75) is 5.51 Å². The highest BCUT2D eigenvalue weighted by molar-refractivity contribution is 8.01. The van der Waals surface area contributed by atoms with Crippen LogP contribution in [0.2, 0.25) is 5.02 Å². The normalized spacial score (nSPS) is 11.5. The topological polar surface area (TPSA) is 24.9 Å². The van der Waals surface area contributed by atoms with Gasteiger partial charge in [-0.05, 0) is 18.2 Å². The summed E-state index contributed by atoms with van der Waals surface area (Å²) in [5, 5.41) is 3.07. The first-order valence-corrected chi connectivity index (χ1v) is 8.81. The van der Waals surface area contributed by atoms with Crippen molar-refractivity contribution in [3.8, 4) is 21.8 Å². The Bertz CT molecular complexity index is 835. The maximum Gasteiger partial charge on any atom is 0.461 e. The van der Waals surface area contributed by atoms with Crippen LogP contribution in [0, 0.1) is 0 Å². The molecule has 0 radical (unpaired) electrons. The molecule has 0 aliphatic rings. The van der Waals surface area contributed by atoms with E-state index in [-0.39, 0.29) is 17.6 Å². The summed E-state index contributed by atoms with van der Waals surface area (Å²) in [6.07, 6.45) is 0. The minimum atomic E-state index is -4.36. The predicted octanol–water partition coefficient (Wildman–Crippen LogP) is 6.71. The summed E-state index contributed by atoms with van der Waals surface area (Å²) in [4.78, 5) is 4.55. The Morgan fingerprint density at radius 1 is 1.08 bits per heavy atom. The highest BCUT2D eigenvalue weighted by atomic mass is 35.5. The van der Waals surface area contributed by atoms with Gasteiger partial charge in [0.25, 0.3) is 0 Å². The first kappa shape index (κ1) is 17.1. The molecule has 0 unspecified atom stereocenters. The van der Waals surface area contributed by atoms with Crippen LogP contribution in [-0.4, -0.2) is 10.5 Å². The lowest BCUT2D eigenvalue weighted by Crippen LogP contribution is -2.04. The fraction of sp³-hybridized carbons (Fsp3) is 0.0625. The lowest BCUT2D eigenvalue weighted by Gasteiger charge is -2.09. The standard InChI is InChI=1S/C16H10ClF3N2S2/c17-13-8-11(22-24-16(18,19)20)6-7-12(13)14-9-23-15(21-14)10-4-2-1-3-5-10/h1-9,22H. The predicted molar refractivity (Wildman–Crippen MR) is 95.3 cm³/mol. The Morgan fingerprint density at radius 3 is 2.50 bits per heavy atom. The second-order valence-electron chi connectivity index (χ2n) is 4.75. The zero-order chi connectivity index (χ0) is 17.2. The monoisotopic (exact) mass is 386 g/mol. The number of nitrogens with one attached hydrogen (secondary N) is 1. The SMILES string of the molecule is FC(F)(F)SNc1ccc(-c2csc(-c3ccccc3)n2)c(Cl)c1. The quantitative estimate of drug-likeness (QED) is 0.504.